The molecule has 0 saturated carbocycles. The number of hydrogen-bond donors (Lipinski definition) is 2. The summed E-state index contributed by atoms with van der Waals surface area (Å²) in [6, 6.07) is -1.26. The van der Waals surface area contributed by atoms with Gasteiger partial charge < -0.3 is 10.4 Å². The molecule has 0 spiro atoms. The lowest BCUT2D eigenvalue weighted by atomic mass is 10.1. The Labute approximate surface area is 125 Å². The molecule has 0 bridgehead atoms. The molecule has 0 fully saturated rings. The number of alkyl halides is 3. The number of aliphatic carboxylic acids is 1. The van der Waals surface area contributed by atoms with Crippen molar-refractivity contribution in [2.24, 2.45) is 0 Å². The van der Waals surface area contributed by atoms with Gasteiger partial charge in [0.15, 0.2) is 5.69 Å². The van der Waals surface area contributed by atoms with Gasteiger partial charge in [-0.25, -0.2) is 4.79 Å². The third-order valence-corrected chi connectivity index (χ3v) is 2.93. The number of carboxylic acids is 1. The predicted octanol–water partition coefficient (Wildman–Crippen LogP) is 2.25. The zero-order chi connectivity index (χ0) is 17.3. The lowest BCUT2D eigenvalue weighted by molar-refractivity contribution is -0.146. The Kier molecular flexibility index (Phi) is 4.89. The van der Waals surface area contributed by atoms with Gasteiger partial charge in [0.2, 0.25) is 0 Å². The summed E-state index contributed by atoms with van der Waals surface area (Å²) >= 11 is 0. The van der Waals surface area contributed by atoms with Gasteiger partial charge in [0, 0.05) is 0 Å². The number of carbonyl (C=O) groups excluding carboxylic acids is 1. The van der Waals surface area contributed by atoms with Crippen molar-refractivity contribution in [3.8, 4) is 0 Å². The number of rotatable bonds is 4. The van der Waals surface area contributed by atoms with Gasteiger partial charge >= 0.3 is 12.1 Å². The van der Waals surface area contributed by atoms with E-state index in [1.807, 2.05) is 0 Å². The first-order valence-corrected chi connectivity index (χ1v) is 6.59. The minimum Gasteiger partial charge on any atom is -0.480 e. The third-order valence-electron chi connectivity index (χ3n) is 2.93. The van der Waals surface area contributed by atoms with E-state index in [0.717, 1.165) is 6.20 Å². The van der Waals surface area contributed by atoms with Crippen molar-refractivity contribution in [1.29, 1.82) is 0 Å². The van der Waals surface area contributed by atoms with E-state index in [0.29, 0.717) is 4.68 Å². The molecule has 1 aromatic heterocycles. The largest absolute Gasteiger partial charge is 0.480 e. The third kappa shape index (κ3) is 3.77. The zero-order valence-electron chi connectivity index (χ0n) is 12.7. The summed E-state index contributed by atoms with van der Waals surface area (Å²) in [5, 5.41) is 14.6. The highest BCUT2D eigenvalue weighted by Crippen LogP contribution is 2.34. The average Bonchev–Trinajstić information content (AvgIpc) is 2.79. The molecule has 0 saturated heterocycles. The number of nitrogens with one attached hydrogen (secondary N) is 1. The van der Waals surface area contributed by atoms with Crippen LogP contribution in [0, 0.1) is 0 Å². The van der Waals surface area contributed by atoms with Crippen LogP contribution in [0.25, 0.3) is 0 Å². The van der Waals surface area contributed by atoms with Gasteiger partial charge in [0.05, 0.1) is 17.3 Å². The maximum atomic E-state index is 13.3. The number of aromatic nitrogens is 2. The number of nitrogens with zero attached hydrogens (tertiary/aromatic N) is 2. The van der Waals surface area contributed by atoms with Crippen molar-refractivity contribution in [3.05, 3.63) is 17.5 Å². The van der Waals surface area contributed by atoms with E-state index >= 15 is 0 Å². The molecule has 1 aromatic rings. The molecule has 1 rings (SSSR count). The van der Waals surface area contributed by atoms with Crippen molar-refractivity contribution in [2.45, 2.75) is 51.9 Å². The second kappa shape index (κ2) is 5.98. The molecule has 1 amide bonds. The minimum absolute atomic E-state index is 0.0514. The molecule has 6 nitrogen and oxygen atoms in total. The number of amides is 1. The number of halogens is 3. The van der Waals surface area contributed by atoms with Crippen LogP contribution in [0.15, 0.2) is 6.20 Å². The predicted molar refractivity (Wildman–Crippen MR) is 71.4 cm³/mol. The van der Waals surface area contributed by atoms with E-state index < -0.39 is 40.9 Å². The Balaban J connectivity index is 3.29. The topological polar surface area (TPSA) is 84.2 Å². The van der Waals surface area contributed by atoms with Crippen LogP contribution in [0.3, 0.4) is 0 Å². The molecule has 1 heterocycles. The van der Waals surface area contributed by atoms with Crippen LogP contribution in [-0.2, 0) is 16.5 Å². The summed E-state index contributed by atoms with van der Waals surface area (Å²) in [4.78, 5) is 22.9. The lowest BCUT2D eigenvalue weighted by Gasteiger charge is -2.24. The normalized spacial score (nSPS) is 13.8. The average molecular weight is 321 g/mol. The minimum atomic E-state index is -4.79. The standard InChI is InChI=1S/C13H18F3N3O3/c1-5-8(11(21)22)18-10(20)7-6-17-19(12(2,3)4)9(7)13(14,15)16/h6,8H,5H2,1-4H3,(H,18,20)(H,21,22). The van der Waals surface area contributed by atoms with Gasteiger partial charge in [-0.3, -0.25) is 9.48 Å². The number of carboxylic acid groups (broad SMARTS) is 1. The summed E-state index contributed by atoms with van der Waals surface area (Å²) in [6.07, 6.45) is -3.94. The van der Waals surface area contributed by atoms with Gasteiger partial charge in [0.25, 0.3) is 5.91 Å². The van der Waals surface area contributed by atoms with Gasteiger partial charge in [0.1, 0.15) is 6.04 Å². The van der Waals surface area contributed by atoms with E-state index in [4.69, 9.17) is 5.11 Å². The monoisotopic (exact) mass is 321 g/mol. The molecule has 124 valence electrons. The van der Waals surface area contributed by atoms with Crippen LogP contribution in [-0.4, -0.2) is 32.8 Å². The quantitative estimate of drug-likeness (QED) is 0.891. The van der Waals surface area contributed by atoms with Crippen molar-refractivity contribution in [2.75, 3.05) is 0 Å². The highest BCUT2D eigenvalue weighted by atomic mass is 19.4. The Morgan fingerprint density at radius 2 is 1.91 bits per heavy atom. The highest BCUT2D eigenvalue weighted by Gasteiger charge is 2.42. The van der Waals surface area contributed by atoms with Crippen LogP contribution in [0.1, 0.15) is 50.2 Å². The fourth-order valence-electron chi connectivity index (χ4n) is 1.87. The van der Waals surface area contributed by atoms with E-state index in [1.165, 1.54) is 27.7 Å². The first kappa shape index (κ1) is 18.0. The molecule has 0 aliphatic heterocycles. The fourth-order valence-corrected chi connectivity index (χ4v) is 1.87. The van der Waals surface area contributed by atoms with Crippen LogP contribution in [0.5, 0.6) is 0 Å². The van der Waals surface area contributed by atoms with Gasteiger partial charge in [-0.15, -0.1) is 0 Å². The fraction of sp³-hybridized carbons (Fsp3) is 0.615. The first-order chi connectivity index (χ1) is 9.89. The Bertz CT molecular complexity index is 573. The zero-order valence-corrected chi connectivity index (χ0v) is 12.7. The molecule has 0 aliphatic carbocycles. The Hall–Kier alpha value is -2.06. The van der Waals surface area contributed by atoms with Crippen LogP contribution in [0.2, 0.25) is 0 Å². The molecular formula is C13H18F3N3O3. The van der Waals surface area contributed by atoms with Gasteiger partial charge in [-0.05, 0) is 27.2 Å². The summed E-state index contributed by atoms with van der Waals surface area (Å²) in [6.45, 7) is 6.05. The van der Waals surface area contributed by atoms with Crippen LogP contribution >= 0.6 is 0 Å². The molecule has 1 atom stereocenters. The van der Waals surface area contributed by atoms with Gasteiger partial charge in [-0.2, -0.15) is 18.3 Å². The lowest BCUT2D eigenvalue weighted by Crippen LogP contribution is -2.41. The smallest absolute Gasteiger partial charge is 0.433 e. The summed E-state index contributed by atoms with van der Waals surface area (Å²) in [5.74, 6) is -2.43. The highest BCUT2D eigenvalue weighted by molar-refractivity contribution is 5.97. The molecule has 2 N–H and O–H groups in total. The number of hydrogen-bond acceptors (Lipinski definition) is 3. The van der Waals surface area contributed by atoms with E-state index in [2.05, 4.69) is 10.4 Å². The Morgan fingerprint density at radius 1 is 1.36 bits per heavy atom. The van der Waals surface area contributed by atoms with E-state index in [-0.39, 0.29) is 6.42 Å². The van der Waals surface area contributed by atoms with E-state index in [1.54, 1.807) is 0 Å². The van der Waals surface area contributed by atoms with Crippen molar-refractivity contribution in [1.82, 2.24) is 15.1 Å². The van der Waals surface area contributed by atoms with Crippen LogP contribution in [0.4, 0.5) is 13.2 Å². The first-order valence-electron chi connectivity index (χ1n) is 6.59. The molecule has 0 aromatic carbocycles. The maximum absolute atomic E-state index is 13.3. The second-order valence-corrected chi connectivity index (χ2v) is 5.76. The molecular weight excluding hydrogens is 303 g/mol. The molecule has 0 radical (unpaired) electrons. The SMILES string of the molecule is CCC(NC(=O)c1cnn(C(C)(C)C)c1C(F)(F)F)C(=O)O. The Morgan fingerprint density at radius 3 is 2.27 bits per heavy atom. The molecule has 1 unspecified atom stereocenters. The van der Waals surface area contributed by atoms with E-state index in [9.17, 15) is 22.8 Å². The maximum Gasteiger partial charge on any atom is 0.433 e. The molecule has 0 aliphatic rings. The number of carbonyl (C=O) groups is 2. The summed E-state index contributed by atoms with van der Waals surface area (Å²) in [5.41, 5.74) is -2.87. The molecule has 22 heavy (non-hydrogen) atoms. The van der Waals surface area contributed by atoms with Crippen molar-refractivity contribution >= 4 is 11.9 Å². The van der Waals surface area contributed by atoms with Crippen LogP contribution < -0.4 is 5.32 Å². The summed E-state index contributed by atoms with van der Waals surface area (Å²) in [7, 11) is 0. The molecule has 9 heteroatoms. The van der Waals surface area contributed by atoms with Gasteiger partial charge in [-0.1, -0.05) is 6.92 Å². The summed E-state index contributed by atoms with van der Waals surface area (Å²) < 4.78 is 40.5. The second-order valence-electron chi connectivity index (χ2n) is 5.76. The van der Waals surface area contributed by atoms with Crippen molar-refractivity contribution < 1.29 is 27.9 Å². The van der Waals surface area contributed by atoms with Crippen molar-refractivity contribution in [3.63, 3.8) is 0 Å².